The fraction of sp³-hybridized carbons (Fsp3) is 0.125. The molecule has 0 aliphatic heterocycles. The fourth-order valence-electron chi connectivity index (χ4n) is 2.18. The van der Waals surface area contributed by atoms with Gasteiger partial charge < -0.3 is 0 Å². The Balaban J connectivity index is 1.87. The summed E-state index contributed by atoms with van der Waals surface area (Å²) in [5.74, 6) is 0. The third-order valence-electron chi connectivity index (χ3n) is 3.18. The number of halogens is 2. The second-order valence-electron chi connectivity index (χ2n) is 4.49. The molecule has 0 saturated carbocycles. The normalized spacial score (nSPS) is 12.7. The van der Waals surface area contributed by atoms with Crippen molar-refractivity contribution in [1.29, 1.82) is 0 Å². The molecule has 1 aromatic heterocycles. The van der Waals surface area contributed by atoms with Gasteiger partial charge in [-0.2, -0.15) is 0 Å². The molecule has 0 N–H and O–H groups in total. The predicted molar refractivity (Wildman–Crippen MR) is 88.3 cm³/mol. The molecule has 2 aromatic carbocycles. The number of benzene rings is 2. The summed E-state index contributed by atoms with van der Waals surface area (Å²) in [7, 11) is 0. The minimum atomic E-state index is 0.0253. The molecule has 0 spiro atoms. The van der Waals surface area contributed by atoms with Crippen LogP contribution in [0.15, 0.2) is 58.4 Å². The summed E-state index contributed by atoms with van der Waals surface area (Å²) in [6.45, 7) is 0. The molecule has 1 heterocycles. The molecule has 0 amide bonds. The van der Waals surface area contributed by atoms with Gasteiger partial charge in [0.05, 0.1) is 5.38 Å². The van der Waals surface area contributed by atoms with Crippen molar-refractivity contribution in [2.45, 2.75) is 11.8 Å². The highest BCUT2D eigenvalue weighted by Crippen LogP contribution is 2.35. The van der Waals surface area contributed by atoms with E-state index >= 15 is 0 Å². The quantitative estimate of drug-likeness (QED) is 0.494. The van der Waals surface area contributed by atoms with Crippen LogP contribution in [0.3, 0.4) is 0 Å². The summed E-state index contributed by atoms with van der Waals surface area (Å²) in [5.41, 5.74) is 2.50. The van der Waals surface area contributed by atoms with Crippen LogP contribution in [-0.2, 0) is 6.42 Å². The minimum Gasteiger partial charge on any atom is -0.143 e. The Morgan fingerprint density at radius 3 is 2.58 bits per heavy atom. The molecule has 1 unspecified atom stereocenters. The zero-order valence-electron chi connectivity index (χ0n) is 10.1. The number of rotatable bonds is 3. The van der Waals surface area contributed by atoms with Crippen LogP contribution in [0.2, 0.25) is 0 Å². The summed E-state index contributed by atoms with van der Waals surface area (Å²) in [6, 6.07) is 16.8. The molecule has 0 nitrogen and oxygen atoms in total. The third kappa shape index (κ3) is 2.86. The van der Waals surface area contributed by atoms with Crippen molar-refractivity contribution in [1.82, 2.24) is 0 Å². The first-order valence-corrected chi connectivity index (χ1v) is 8.19. The highest BCUT2D eigenvalue weighted by Gasteiger charge is 2.13. The molecule has 0 bridgehead atoms. The summed E-state index contributed by atoms with van der Waals surface area (Å²) < 4.78 is 2.40. The lowest BCUT2D eigenvalue weighted by atomic mass is 10.0. The van der Waals surface area contributed by atoms with Crippen molar-refractivity contribution in [3.63, 3.8) is 0 Å². The second-order valence-corrected chi connectivity index (χ2v) is 6.84. The molecule has 3 rings (SSSR count). The van der Waals surface area contributed by atoms with E-state index in [0.29, 0.717) is 0 Å². The molecular weight excluding hydrogens is 340 g/mol. The van der Waals surface area contributed by atoms with Gasteiger partial charge in [0.25, 0.3) is 0 Å². The van der Waals surface area contributed by atoms with E-state index in [1.807, 2.05) is 0 Å². The molecule has 0 aliphatic rings. The Hall–Kier alpha value is -0.830. The molecule has 0 aliphatic carbocycles. The SMILES string of the molecule is ClC(Cc1ccc(Br)cc1)c1csc2ccccc12. The van der Waals surface area contributed by atoms with Crippen molar-refractivity contribution >= 4 is 49.0 Å². The van der Waals surface area contributed by atoms with Crippen LogP contribution >= 0.6 is 38.9 Å². The van der Waals surface area contributed by atoms with E-state index in [-0.39, 0.29) is 5.38 Å². The first kappa shape index (κ1) is 13.2. The van der Waals surface area contributed by atoms with E-state index in [1.165, 1.54) is 21.2 Å². The molecular formula is C16H12BrClS. The summed E-state index contributed by atoms with van der Waals surface area (Å²) in [6.07, 6.45) is 0.857. The molecule has 0 radical (unpaired) electrons. The van der Waals surface area contributed by atoms with E-state index in [9.17, 15) is 0 Å². The van der Waals surface area contributed by atoms with Crippen LogP contribution in [0.1, 0.15) is 16.5 Å². The lowest BCUT2D eigenvalue weighted by Crippen LogP contribution is -1.94. The van der Waals surface area contributed by atoms with Crippen LogP contribution in [0.4, 0.5) is 0 Å². The van der Waals surface area contributed by atoms with Crippen molar-refractivity contribution in [2.75, 3.05) is 0 Å². The molecule has 0 fully saturated rings. The van der Waals surface area contributed by atoms with Crippen LogP contribution in [0.5, 0.6) is 0 Å². The van der Waals surface area contributed by atoms with Crippen LogP contribution in [0, 0.1) is 0 Å². The summed E-state index contributed by atoms with van der Waals surface area (Å²) >= 11 is 11.8. The minimum absolute atomic E-state index is 0.0253. The Morgan fingerprint density at radius 1 is 1.05 bits per heavy atom. The van der Waals surface area contributed by atoms with Gasteiger partial charge in [0.1, 0.15) is 0 Å². The predicted octanol–water partition coefficient (Wildman–Crippen LogP) is 6.19. The van der Waals surface area contributed by atoms with Gasteiger partial charge in [-0.3, -0.25) is 0 Å². The zero-order valence-corrected chi connectivity index (χ0v) is 13.3. The average molecular weight is 352 g/mol. The first-order valence-electron chi connectivity index (χ1n) is 6.08. The first-order chi connectivity index (χ1) is 9.24. The van der Waals surface area contributed by atoms with Crippen LogP contribution < -0.4 is 0 Å². The summed E-state index contributed by atoms with van der Waals surface area (Å²) in [5, 5.41) is 3.49. The van der Waals surface area contributed by atoms with Gasteiger partial charge in [-0.15, -0.1) is 22.9 Å². The average Bonchev–Trinajstić information content (AvgIpc) is 2.85. The topological polar surface area (TPSA) is 0 Å². The Kier molecular flexibility index (Phi) is 3.92. The maximum Gasteiger partial charge on any atom is 0.0639 e. The smallest absolute Gasteiger partial charge is 0.0639 e. The van der Waals surface area contributed by atoms with Gasteiger partial charge in [0.2, 0.25) is 0 Å². The van der Waals surface area contributed by atoms with Gasteiger partial charge >= 0.3 is 0 Å². The second kappa shape index (κ2) is 5.66. The highest BCUT2D eigenvalue weighted by atomic mass is 79.9. The van der Waals surface area contributed by atoms with E-state index in [1.54, 1.807) is 11.3 Å². The Labute approximate surface area is 130 Å². The van der Waals surface area contributed by atoms with Crippen LogP contribution in [-0.4, -0.2) is 0 Å². The van der Waals surface area contributed by atoms with E-state index in [0.717, 1.165) is 10.9 Å². The van der Waals surface area contributed by atoms with Gasteiger partial charge in [-0.05, 0) is 46.5 Å². The van der Waals surface area contributed by atoms with E-state index in [4.69, 9.17) is 11.6 Å². The standard InChI is InChI=1S/C16H12BrClS/c17-12-7-5-11(6-8-12)9-15(18)14-10-19-16-4-2-1-3-13(14)16/h1-8,10,15H,9H2. The monoisotopic (exact) mass is 350 g/mol. The lowest BCUT2D eigenvalue weighted by Gasteiger charge is -2.09. The van der Waals surface area contributed by atoms with E-state index < -0.39 is 0 Å². The highest BCUT2D eigenvalue weighted by molar-refractivity contribution is 9.10. The lowest BCUT2D eigenvalue weighted by molar-refractivity contribution is 0.932. The van der Waals surface area contributed by atoms with Gasteiger partial charge in [0, 0.05) is 9.17 Å². The maximum atomic E-state index is 6.60. The van der Waals surface area contributed by atoms with Crippen molar-refractivity contribution in [3.05, 3.63) is 69.5 Å². The van der Waals surface area contributed by atoms with E-state index in [2.05, 4.69) is 69.8 Å². The largest absolute Gasteiger partial charge is 0.143 e. The fourth-order valence-corrected chi connectivity index (χ4v) is 3.89. The third-order valence-corrected chi connectivity index (χ3v) is 5.08. The van der Waals surface area contributed by atoms with Crippen molar-refractivity contribution < 1.29 is 0 Å². The van der Waals surface area contributed by atoms with Crippen LogP contribution in [0.25, 0.3) is 10.1 Å². The molecule has 19 heavy (non-hydrogen) atoms. The number of alkyl halides is 1. The van der Waals surface area contributed by atoms with Crippen molar-refractivity contribution in [3.8, 4) is 0 Å². The molecule has 3 aromatic rings. The Bertz CT molecular complexity index is 687. The molecule has 0 saturated heterocycles. The molecule has 1 atom stereocenters. The van der Waals surface area contributed by atoms with Crippen molar-refractivity contribution in [2.24, 2.45) is 0 Å². The number of hydrogen-bond acceptors (Lipinski definition) is 1. The van der Waals surface area contributed by atoms with Gasteiger partial charge in [-0.25, -0.2) is 0 Å². The van der Waals surface area contributed by atoms with Gasteiger partial charge in [-0.1, -0.05) is 46.3 Å². The number of fused-ring (bicyclic) bond motifs is 1. The maximum absolute atomic E-state index is 6.60. The molecule has 96 valence electrons. The molecule has 3 heteroatoms. The summed E-state index contributed by atoms with van der Waals surface area (Å²) in [4.78, 5) is 0. The Morgan fingerprint density at radius 2 is 1.79 bits per heavy atom. The van der Waals surface area contributed by atoms with Gasteiger partial charge in [0.15, 0.2) is 0 Å². The number of thiophene rings is 1. The zero-order chi connectivity index (χ0) is 13.2. The number of hydrogen-bond donors (Lipinski definition) is 0.